The Morgan fingerprint density at radius 3 is 1.94 bits per heavy atom. The van der Waals surface area contributed by atoms with E-state index < -0.39 is 22.8 Å². The van der Waals surface area contributed by atoms with Crippen molar-refractivity contribution in [3.05, 3.63) is 133 Å². The summed E-state index contributed by atoms with van der Waals surface area (Å²) in [6, 6.07) is 23.6. The summed E-state index contributed by atoms with van der Waals surface area (Å²) in [5.74, 6) is -2.10. The third-order valence-corrected chi connectivity index (χ3v) is 9.00. The fourth-order valence-corrected chi connectivity index (χ4v) is 6.50. The molecular weight excluding hydrogens is 596 g/mol. The van der Waals surface area contributed by atoms with Crippen LogP contribution in [0.3, 0.4) is 0 Å². The molecule has 0 amide bonds. The number of nitro benzene ring substituents is 1. The summed E-state index contributed by atoms with van der Waals surface area (Å²) in [6.07, 6.45) is 0. The van der Waals surface area contributed by atoms with Gasteiger partial charge in [-0.3, -0.25) is 19.9 Å². The number of benzene rings is 3. The molecule has 47 heavy (non-hydrogen) atoms. The van der Waals surface area contributed by atoms with Crippen LogP contribution in [0.25, 0.3) is 0 Å². The van der Waals surface area contributed by atoms with E-state index in [1.165, 1.54) is 41.5 Å². The number of non-ortho nitro benzene ring substituents is 1. The van der Waals surface area contributed by atoms with Crippen molar-refractivity contribution in [2.75, 3.05) is 46.4 Å². The molecule has 1 N–H and O–H groups in total. The van der Waals surface area contributed by atoms with Crippen LogP contribution in [-0.2, 0) is 19.1 Å². The van der Waals surface area contributed by atoms with Crippen molar-refractivity contribution in [2.45, 2.75) is 39.7 Å². The molecule has 0 spiro atoms. The van der Waals surface area contributed by atoms with Crippen molar-refractivity contribution < 1.29 is 24.0 Å². The van der Waals surface area contributed by atoms with Crippen LogP contribution in [0.15, 0.2) is 95.3 Å². The predicted molar refractivity (Wildman–Crippen MR) is 180 cm³/mol. The van der Waals surface area contributed by atoms with Gasteiger partial charge in [-0.05, 0) is 44.4 Å². The van der Waals surface area contributed by atoms with E-state index >= 15 is 0 Å². The quantitative estimate of drug-likeness (QED) is 0.173. The van der Waals surface area contributed by atoms with Gasteiger partial charge in [0.15, 0.2) is 0 Å². The molecule has 1 atom stereocenters. The second-order valence-electron chi connectivity index (χ2n) is 12.2. The van der Waals surface area contributed by atoms with Gasteiger partial charge in [-0.1, -0.05) is 71.8 Å². The highest BCUT2D eigenvalue weighted by Gasteiger charge is 2.38. The predicted octanol–water partition coefficient (Wildman–Crippen LogP) is 5.57. The molecule has 5 rings (SSSR count). The van der Waals surface area contributed by atoms with Crippen LogP contribution in [0, 0.1) is 24.0 Å². The summed E-state index contributed by atoms with van der Waals surface area (Å²) in [5.41, 5.74) is 6.74. The van der Waals surface area contributed by atoms with Crippen LogP contribution in [0.1, 0.15) is 53.6 Å². The molecule has 2 aliphatic rings. The number of methoxy groups -OCH3 is 1. The van der Waals surface area contributed by atoms with Crippen LogP contribution in [-0.4, -0.2) is 73.1 Å². The number of piperazine rings is 1. The van der Waals surface area contributed by atoms with Gasteiger partial charge < -0.3 is 14.8 Å². The summed E-state index contributed by atoms with van der Waals surface area (Å²) >= 11 is 0. The number of hydrogen-bond acceptors (Lipinski definition) is 9. The zero-order chi connectivity index (χ0) is 33.7. The average Bonchev–Trinajstić information content (AvgIpc) is 3.06. The zero-order valence-electron chi connectivity index (χ0n) is 27.6. The molecule has 0 aromatic heterocycles. The first-order chi connectivity index (χ1) is 22.6. The Balaban J connectivity index is 1.26. The molecule has 1 saturated heterocycles. The molecule has 2 heterocycles. The van der Waals surface area contributed by atoms with Gasteiger partial charge in [-0.15, -0.1) is 0 Å². The highest BCUT2D eigenvalue weighted by molar-refractivity contribution is 5.99. The number of nitrogens with zero attached hydrogens (tertiary/aromatic N) is 3. The topological polar surface area (TPSA) is 114 Å². The van der Waals surface area contributed by atoms with Crippen molar-refractivity contribution in [1.82, 2.24) is 15.1 Å². The molecule has 0 saturated carbocycles. The first-order valence-corrected chi connectivity index (χ1v) is 15.8. The fraction of sp³-hybridized carbons (Fsp3) is 0.351. The Kier molecular flexibility index (Phi) is 10.5. The van der Waals surface area contributed by atoms with Gasteiger partial charge in [0.2, 0.25) is 0 Å². The number of hydrogen-bond donors (Lipinski definition) is 1. The van der Waals surface area contributed by atoms with E-state index in [4.69, 9.17) is 9.47 Å². The van der Waals surface area contributed by atoms with Crippen LogP contribution in [0.4, 0.5) is 5.69 Å². The number of aryl methyl sites for hydroxylation is 2. The molecule has 10 nitrogen and oxygen atoms in total. The third kappa shape index (κ3) is 7.61. The van der Waals surface area contributed by atoms with Gasteiger partial charge in [0, 0.05) is 56.3 Å². The SMILES string of the molecule is COC(=O)C1=C(C)NC(C)=C(C(=O)OCCN2CCN(C(c3ccc(C)cc3)c3ccc(C)cc3)CC2)C1c1cccc([N+](=O)[O-])c1. The lowest BCUT2D eigenvalue weighted by Gasteiger charge is -2.39. The molecule has 0 radical (unpaired) electrons. The average molecular weight is 639 g/mol. The number of allylic oxidation sites excluding steroid dienone is 2. The minimum atomic E-state index is -0.889. The Labute approximate surface area is 275 Å². The standard InChI is InChI=1S/C37H42N4O6/c1-24-9-13-28(14-10-24)35(29-15-11-25(2)12-16-29)40-19-17-39(18-20-40)21-22-47-37(43)33-27(4)38-26(3)32(36(42)46-5)34(33)30-7-6-8-31(23-30)41(44)45/h6-16,23,34-35,38H,17-22H2,1-5H3. The number of carbonyl (C=O) groups excluding carboxylic acids is 2. The first kappa shape index (κ1) is 33.6. The van der Waals surface area contributed by atoms with Crippen molar-refractivity contribution in [3.63, 3.8) is 0 Å². The van der Waals surface area contributed by atoms with Crippen molar-refractivity contribution in [1.29, 1.82) is 0 Å². The van der Waals surface area contributed by atoms with E-state index in [1.54, 1.807) is 26.0 Å². The van der Waals surface area contributed by atoms with Crippen LogP contribution < -0.4 is 5.32 Å². The lowest BCUT2D eigenvalue weighted by atomic mass is 9.80. The molecule has 3 aromatic rings. The number of dihydropyridines is 1. The third-order valence-electron chi connectivity index (χ3n) is 9.00. The highest BCUT2D eigenvalue weighted by Crippen LogP contribution is 2.40. The maximum Gasteiger partial charge on any atom is 0.336 e. The molecule has 3 aromatic carbocycles. The van der Waals surface area contributed by atoms with Crippen molar-refractivity contribution in [2.24, 2.45) is 0 Å². The molecule has 246 valence electrons. The van der Waals surface area contributed by atoms with E-state index in [0.29, 0.717) is 23.5 Å². The normalized spacial score (nSPS) is 17.4. The second-order valence-corrected chi connectivity index (χ2v) is 12.2. The Hall–Kier alpha value is -4.80. The number of ether oxygens (including phenoxy) is 2. The molecule has 10 heteroatoms. The maximum atomic E-state index is 13.7. The second kappa shape index (κ2) is 14.7. The number of carbonyl (C=O) groups is 2. The monoisotopic (exact) mass is 638 g/mol. The van der Waals surface area contributed by atoms with Gasteiger partial charge in [-0.25, -0.2) is 9.59 Å². The molecular formula is C37H42N4O6. The van der Waals surface area contributed by atoms with Crippen LogP contribution in [0.2, 0.25) is 0 Å². The number of esters is 2. The maximum absolute atomic E-state index is 13.7. The zero-order valence-corrected chi connectivity index (χ0v) is 27.6. The number of nitro groups is 1. The molecule has 0 aliphatic carbocycles. The lowest BCUT2D eigenvalue weighted by Crippen LogP contribution is -2.48. The number of rotatable bonds is 10. The van der Waals surface area contributed by atoms with Gasteiger partial charge in [-0.2, -0.15) is 0 Å². The molecule has 1 fully saturated rings. The molecule has 1 unspecified atom stereocenters. The lowest BCUT2D eigenvalue weighted by molar-refractivity contribution is -0.384. The number of nitrogens with one attached hydrogen (secondary N) is 1. The fourth-order valence-electron chi connectivity index (χ4n) is 6.50. The van der Waals surface area contributed by atoms with Gasteiger partial charge in [0.1, 0.15) is 6.61 Å². The summed E-state index contributed by atoms with van der Waals surface area (Å²) in [5, 5.41) is 14.7. The minimum absolute atomic E-state index is 0.139. The minimum Gasteiger partial charge on any atom is -0.466 e. The van der Waals surface area contributed by atoms with E-state index in [2.05, 4.69) is 77.5 Å². The van der Waals surface area contributed by atoms with Crippen LogP contribution >= 0.6 is 0 Å². The van der Waals surface area contributed by atoms with E-state index in [-0.39, 0.29) is 29.5 Å². The Morgan fingerprint density at radius 1 is 0.851 bits per heavy atom. The van der Waals surface area contributed by atoms with Crippen molar-refractivity contribution in [3.8, 4) is 0 Å². The van der Waals surface area contributed by atoms with E-state index in [9.17, 15) is 19.7 Å². The van der Waals surface area contributed by atoms with Crippen LogP contribution in [0.5, 0.6) is 0 Å². The highest BCUT2D eigenvalue weighted by atomic mass is 16.6. The molecule has 2 aliphatic heterocycles. The Bertz CT molecular complexity index is 1640. The summed E-state index contributed by atoms with van der Waals surface area (Å²) in [6.45, 7) is 11.7. The smallest absolute Gasteiger partial charge is 0.336 e. The van der Waals surface area contributed by atoms with E-state index in [1.807, 2.05) is 0 Å². The van der Waals surface area contributed by atoms with Gasteiger partial charge in [0.25, 0.3) is 5.69 Å². The Morgan fingerprint density at radius 2 is 1.40 bits per heavy atom. The summed E-state index contributed by atoms with van der Waals surface area (Å²) < 4.78 is 10.9. The summed E-state index contributed by atoms with van der Waals surface area (Å²) in [4.78, 5) is 42.4. The van der Waals surface area contributed by atoms with E-state index in [0.717, 1.165) is 26.2 Å². The largest absolute Gasteiger partial charge is 0.466 e. The van der Waals surface area contributed by atoms with Gasteiger partial charge >= 0.3 is 11.9 Å². The molecule has 0 bridgehead atoms. The van der Waals surface area contributed by atoms with Crippen molar-refractivity contribution >= 4 is 17.6 Å². The van der Waals surface area contributed by atoms with Gasteiger partial charge in [0.05, 0.1) is 35.1 Å². The first-order valence-electron chi connectivity index (χ1n) is 15.8. The summed E-state index contributed by atoms with van der Waals surface area (Å²) in [7, 11) is 1.26.